The quantitative estimate of drug-likeness (QED) is 0.0975. The molecule has 12 rings (SSSR count). The number of rotatable bonds is 10. The predicted molar refractivity (Wildman–Crippen MR) is 281 cm³/mol. The van der Waals surface area contributed by atoms with E-state index in [1.54, 1.807) is 24.3 Å². The van der Waals surface area contributed by atoms with Gasteiger partial charge in [0.25, 0.3) is 0 Å². The minimum atomic E-state index is -1.61. The lowest BCUT2D eigenvalue weighted by molar-refractivity contribution is 0.474. The maximum atomic E-state index is 16.9. The molecule has 0 saturated heterocycles. The van der Waals surface area contributed by atoms with Crippen LogP contribution in [0.15, 0.2) is 219 Å². The highest BCUT2D eigenvalue weighted by Crippen LogP contribution is 2.60. The van der Waals surface area contributed by atoms with Crippen LogP contribution in [0.4, 0.5) is 47.8 Å². The Hall–Kier alpha value is -9.01. The molecule has 10 aromatic carbocycles. The van der Waals surface area contributed by atoms with E-state index in [2.05, 4.69) is 13.2 Å². The third-order valence-corrected chi connectivity index (χ3v) is 14.8. The van der Waals surface area contributed by atoms with Gasteiger partial charge < -0.3 is 4.90 Å². The lowest BCUT2D eigenvalue weighted by Crippen LogP contribution is -2.31. The average Bonchev–Trinajstić information content (AvgIpc) is 3.91. The highest BCUT2D eigenvalue weighted by molar-refractivity contribution is 5.92. The second-order valence-electron chi connectivity index (χ2n) is 18.6. The summed E-state index contributed by atoms with van der Waals surface area (Å²) in [6, 6.07) is 57.8. The molecule has 0 aromatic heterocycles. The van der Waals surface area contributed by atoms with Crippen LogP contribution in [0, 0.1) is 40.7 Å². The summed E-state index contributed by atoms with van der Waals surface area (Å²) in [6.07, 6.45) is 3.35. The first-order chi connectivity index (χ1) is 35.9. The van der Waals surface area contributed by atoms with Gasteiger partial charge in [-0.1, -0.05) is 159 Å². The lowest BCUT2D eigenvalue weighted by Gasteiger charge is -2.36. The van der Waals surface area contributed by atoms with Gasteiger partial charge in [-0.05, 0) is 139 Å². The van der Waals surface area contributed by atoms with Gasteiger partial charge in [0.05, 0.1) is 10.8 Å². The fourth-order valence-electron chi connectivity index (χ4n) is 11.6. The molecule has 0 saturated carbocycles. The summed E-state index contributed by atoms with van der Waals surface area (Å²) in [5.74, 6) is -7.40. The van der Waals surface area contributed by atoms with Crippen LogP contribution in [-0.2, 0) is 10.8 Å². The monoisotopic (exact) mass is 979 g/mol. The number of hydrogen-bond acceptors (Lipinski definition) is 1. The van der Waals surface area contributed by atoms with Gasteiger partial charge in [-0.25, -0.2) is 30.7 Å². The Morgan fingerprint density at radius 3 is 1.12 bits per heavy atom. The van der Waals surface area contributed by atoms with Crippen molar-refractivity contribution in [3.63, 3.8) is 0 Å². The molecule has 74 heavy (non-hydrogen) atoms. The smallest absolute Gasteiger partial charge is 0.163 e. The Bertz CT molecular complexity index is 3690. The molecular formula is C66H40F7N. The third-order valence-electron chi connectivity index (χ3n) is 14.8. The van der Waals surface area contributed by atoms with E-state index in [1.165, 1.54) is 12.1 Å². The predicted octanol–water partition coefficient (Wildman–Crippen LogP) is 17.8. The Balaban J connectivity index is 1.16. The molecule has 0 radical (unpaired) electrons. The van der Waals surface area contributed by atoms with E-state index in [0.717, 1.165) is 45.5 Å². The van der Waals surface area contributed by atoms with Gasteiger partial charge in [0.15, 0.2) is 23.3 Å². The molecule has 2 aliphatic rings. The normalized spacial score (nSPS) is 16.0. The van der Waals surface area contributed by atoms with Crippen molar-refractivity contribution in [3.8, 4) is 33.4 Å². The largest absolute Gasteiger partial charge is 0.310 e. The fraction of sp³-hybridized carbons (Fsp3) is 0.0303. The number of nitrogens with zero attached hydrogens (tertiary/aromatic N) is 1. The summed E-state index contributed by atoms with van der Waals surface area (Å²) in [5, 5.41) is 0. The fourth-order valence-corrected chi connectivity index (χ4v) is 11.6. The van der Waals surface area contributed by atoms with Gasteiger partial charge >= 0.3 is 0 Å². The minimum Gasteiger partial charge on any atom is -0.310 e. The van der Waals surface area contributed by atoms with Crippen LogP contribution >= 0.6 is 0 Å². The zero-order valence-electron chi connectivity index (χ0n) is 39.3. The molecule has 0 heterocycles. The van der Waals surface area contributed by atoms with Crippen LogP contribution in [0.3, 0.4) is 0 Å². The van der Waals surface area contributed by atoms with Crippen molar-refractivity contribution in [2.24, 2.45) is 0 Å². The molecule has 2 atom stereocenters. The first-order valence-electron chi connectivity index (χ1n) is 23.9. The second-order valence-corrected chi connectivity index (χ2v) is 18.6. The van der Waals surface area contributed by atoms with E-state index in [-0.39, 0.29) is 16.9 Å². The number of benzene rings is 10. The topological polar surface area (TPSA) is 3.24 Å². The Kier molecular flexibility index (Phi) is 11.0. The second kappa shape index (κ2) is 17.6. The molecule has 2 aliphatic carbocycles. The van der Waals surface area contributed by atoms with Crippen LogP contribution < -0.4 is 4.90 Å². The molecule has 8 heteroatoms. The highest BCUT2D eigenvalue weighted by atomic mass is 19.2. The van der Waals surface area contributed by atoms with Gasteiger partial charge in [0, 0.05) is 40.3 Å². The molecule has 0 spiro atoms. The van der Waals surface area contributed by atoms with E-state index in [9.17, 15) is 4.39 Å². The highest BCUT2D eigenvalue weighted by Gasteiger charge is 2.50. The first kappa shape index (κ1) is 46.1. The van der Waals surface area contributed by atoms with Crippen LogP contribution in [-0.4, -0.2) is 0 Å². The van der Waals surface area contributed by atoms with Crippen LogP contribution in [0.5, 0.6) is 0 Å². The van der Waals surface area contributed by atoms with E-state index < -0.39 is 45.7 Å². The SMILES string of the molecule is C=Cc1ccc(C2(c3cc(F)cc(F)c3F)c3ccccc3-c3ccc(N(c4ccc(-c5ccc(F)cc5)cc4)c4ccc5c(c4)C(c4ccc(C=C)cc4)(c4cc(F)cc(F)c4F)c4ccccc4-5)cc32)cc1. The number of halogens is 7. The van der Waals surface area contributed by atoms with E-state index in [0.29, 0.717) is 73.7 Å². The Labute approximate surface area is 423 Å². The Morgan fingerprint density at radius 2 is 0.703 bits per heavy atom. The Morgan fingerprint density at radius 1 is 0.324 bits per heavy atom. The first-order valence-corrected chi connectivity index (χ1v) is 23.9. The van der Waals surface area contributed by atoms with Gasteiger partial charge in [-0.2, -0.15) is 0 Å². The minimum absolute atomic E-state index is 0.230. The summed E-state index contributed by atoms with van der Waals surface area (Å²) >= 11 is 0. The molecule has 1 nitrogen and oxygen atoms in total. The van der Waals surface area contributed by atoms with Crippen LogP contribution in [0.1, 0.15) is 55.6 Å². The number of anilines is 3. The van der Waals surface area contributed by atoms with Gasteiger partial charge in [-0.3, -0.25) is 0 Å². The van der Waals surface area contributed by atoms with E-state index in [4.69, 9.17) is 0 Å². The van der Waals surface area contributed by atoms with E-state index >= 15 is 26.3 Å². The molecule has 0 amide bonds. The molecule has 2 unspecified atom stereocenters. The van der Waals surface area contributed by atoms with Crippen LogP contribution in [0.2, 0.25) is 0 Å². The van der Waals surface area contributed by atoms with Crippen LogP contribution in [0.25, 0.3) is 45.5 Å². The van der Waals surface area contributed by atoms with Gasteiger partial charge in [-0.15, -0.1) is 0 Å². The van der Waals surface area contributed by atoms with E-state index in [1.807, 2.05) is 163 Å². The molecule has 0 N–H and O–H groups in total. The van der Waals surface area contributed by atoms with Gasteiger partial charge in [0.2, 0.25) is 0 Å². The summed E-state index contributed by atoms with van der Waals surface area (Å²) < 4.78 is 111. The zero-order chi connectivity index (χ0) is 51.0. The molecule has 0 fully saturated rings. The summed E-state index contributed by atoms with van der Waals surface area (Å²) in [7, 11) is 0. The van der Waals surface area contributed by atoms with Crippen molar-refractivity contribution in [2.45, 2.75) is 10.8 Å². The molecule has 358 valence electrons. The number of hydrogen-bond donors (Lipinski definition) is 0. The zero-order valence-corrected chi connectivity index (χ0v) is 39.3. The van der Waals surface area contributed by atoms with Crippen molar-refractivity contribution >= 4 is 29.2 Å². The van der Waals surface area contributed by atoms with Crippen molar-refractivity contribution in [1.29, 1.82) is 0 Å². The van der Waals surface area contributed by atoms with Crippen molar-refractivity contribution in [1.82, 2.24) is 0 Å². The number of fused-ring (bicyclic) bond motifs is 6. The van der Waals surface area contributed by atoms with Crippen molar-refractivity contribution < 1.29 is 30.7 Å². The van der Waals surface area contributed by atoms with Crippen molar-refractivity contribution in [3.05, 3.63) is 316 Å². The van der Waals surface area contributed by atoms with Gasteiger partial charge in [0.1, 0.15) is 17.5 Å². The molecule has 10 aromatic rings. The average molecular weight is 980 g/mol. The molecular weight excluding hydrogens is 940 g/mol. The maximum Gasteiger partial charge on any atom is 0.163 e. The molecule has 0 aliphatic heterocycles. The summed E-state index contributed by atoms with van der Waals surface area (Å²) in [6.45, 7) is 7.84. The summed E-state index contributed by atoms with van der Waals surface area (Å²) in [5.41, 5.74) is 7.31. The standard InChI is InChI=1S/C66H40F7N/c1-3-39-13-21-43(22-14-39)65(59-33-46(68)35-61(70)63(59)72)55-11-7-5-9-51(55)53-31-29-49(37-57(53)65)74(48-27-19-42(20-28-48)41-17-25-45(67)26-18-41)50-30-32-54-52-10-6-8-12-56(52)66(58(54)38-50,44-23-15-40(4-2)16-24-44)60-34-47(69)36-62(71)64(60)73/h3-38H,1-2H2. The lowest BCUT2D eigenvalue weighted by atomic mass is 9.67. The maximum absolute atomic E-state index is 16.9. The molecule has 0 bridgehead atoms. The van der Waals surface area contributed by atoms with Crippen molar-refractivity contribution in [2.75, 3.05) is 4.90 Å². The third kappa shape index (κ3) is 6.92. The summed E-state index contributed by atoms with van der Waals surface area (Å²) in [4.78, 5) is 1.96.